The van der Waals surface area contributed by atoms with Crippen LogP contribution < -0.4 is 4.90 Å². The average molecular weight is 592 g/mol. The first-order valence-electron chi connectivity index (χ1n) is 18.2. The summed E-state index contributed by atoms with van der Waals surface area (Å²) in [6.07, 6.45) is 24.0. The second kappa shape index (κ2) is 13.4. The van der Waals surface area contributed by atoms with E-state index < -0.39 is 0 Å². The monoisotopic (exact) mass is 591 g/mol. The summed E-state index contributed by atoms with van der Waals surface area (Å²) < 4.78 is 0. The van der Waals surface area contributed by atoms with Crippen LogP contribution in [-0.4, -0.2) is 23.8 Å². The number of benzene rings is 1. The van der Waals surface area contributed by atoms with Crippen LogP contribution in [0.25, 0.3) is 0 Å². The lowest BCUT2D eigenvalue weighted by Gasteiger charge is -2.55. The molecule has 2 bridgehead atoms. The van der Waals surface area contributed by atoms with Crippen LogP contribution in [0, 0.1) is 24.2 Å². The molecule has 1 aromatic heterocycles. The largest absolute Gasteiger partial charge is 0.330 e. The van der Waals surface area contributed by atoms with Gasteiger partial charge in [-0.05, 0) is 141 Å². The maximum Gasteiger partial charge on any atom is 0.133 e. The summed E-state index contributed by atoms with van der Waals surface area (Å²) in [5, 5.41) is 0. The van der Waals surface area contributed by atoms with Crippen LogP contribution in [0.3, 0.4) is 0 Å². The zero-order chi connectivity index (χ0) is 30.7. The lowest BCUT2D eigenvalue weighted by Crippen LogP contribution is -2.49. The Morgan fingerprint density at radius 2 is 1.61 bits per heavy atom. The van der Waals surface area contributed by atoms with Gasteiger partial charge in [-0.25, -0.2) is 4.98 Å². The van der Waals surface area contributed by atoms with E-state index in [4.69, 9.17) is 16.6 Å². The van der Waals surface area contributed by atoms with E-state index in [0.29, 0.717) is 16.7 Å². The lowest BCUT2D eigenvalue weighted by molar-refractivity contribution is 0.0459. The Morgan fingerprint density at radius 3 is 2.25 bits per heavy atom. The van der Waals surface area contributed by atoms with Crippen molar-refractivity contribution >= 4 is 11.5 Å². The number of hydrogen-bond acceptors (Lipinski definition) is 3. The van der Waals surface area contributed by atoms with Gasteiger partial charge < -0.3 is 4.90 Å². The van der Waals surface area contributed by atoms with E-state index in [1.807, 2.05) is 6.20 Å². The molecule has 236 valence electrons. The van der Waals surface area contributed by atoms with Crippen molar-refractivity contribution in [2.45, 2.75) is 129 Å². The van der Waals surface area contributed by atoms with Gasteiger partial charge in [0.25, 0.3) is 0 Å². The second-order valence-electron chi connectivity index (χ2n) is 15.0. The molecule has 3 nitrogen and oxygen atoms in total. The Kier molecular flexibility index (Phi) is 9.50. The Balaban J connectivity index is 0.00000110. The third-order valence-electron chi connectivity index (χ3n) is 11.8. The number of anilines is 1. The van der Waals surface area contributed by atoms with Gasteiger partial charge in [0.1, 0.15) is 5.82 Å². The van der Waals surface area contributed by atoms with Crippen LogP contribution in [-0.2, 0) is 11.8 Å². The number of rotatable bonds is 9. The van der Waals surface area contributed by atoms with Crippen LogP contribution in [0.5, 0.6) is 0 Å². The van der Waals surface area contributed by atoms with Gasteiger partial charge >= 0.3 is 0 Å². The summed E-state index contributed by atoms with van der Waals surface area (Å²) >= 11 is 0. The zero-order valence-electron chi connectivity index (χ0n) is 28.3. The van der Waals surface area contributed by atoms with Crippen LogP contribution in [0.2, 0.25) is 0 Å². The quantitative estimate of drug-likeness (QED) is 0.290. The first-order chi connectivity index (χ1) is 21.4. The van der Waals surface area contributed by atoms with E-state index in [1.165, 1.54) is 118 Å². The molecule has 1 aliphatic heterocycles. The van der Waals surface area contributed by atoms with Gasteiger partial charge in [0.2, 0.25) is 0 Å². The van der Waals surface area contributed by atoms with Crippen molar-refractivity contribution in [2.24, 2.45) is 22.2 Å². The molecule has 0 N–H and O–H groups in total. The third kappa shape index (κ3) is 6.49. The molecule has 8 rings (SSSR count). The van der Waals surface area contributed by atoms with E-state index >= 15 is 0 Å². The molecule has 5 fully saturated rings. The number of hydrogen-bond donors (Lipinski definition) is 0. The minimum Gasteiger partial charge on any atom is -0.330 e. The highest BCUT2D eigenvalue weighted by Gasteiger charge is 2.50. The van der Waals surface area contributed by atoms with Gasteiger partial charge in [0, 0.05) is 24.0 Å². The predicted octanol–water partition coefficient (Wildman–Crippen LogP) is 10.7. The highest BCUT2D eigenvalue weighted by Crippen LogP contribution is 2.58. The number of allylic oxidation sites excluding steroid dienone is 2. The molecule has 6 aliphatic rings. The fraction of sp³-hybridized carbons (Fsp3) is 0.610. The summed E-state index contributed by atoms with van der Waals surface area (Å²) in [5.41, 5.74) is 10.6. The minimum atomic E-state index is 0.360. The van der Waals surface area contributed by atoms with Crippen molar-refractivity contribution in [1.29, 1.82) is 0 Å². The van der Waals surface area contributed by atoms with Crippen LogP contribution in [0.1, 0.15) is 133 Å². The zero-order valence-corrected chi connectivity index (χ0v) is 28.3. The second-order valence-corrected chi connectivity index (χ2v) is 15.0. The number of aliphatic imine (C=N–C) groups is 1. The van der Waals surface area contributed by atoms with Crippen molar-refractivity contribution in [3.8, 4) is 0 Å². The van der Waals surface area contributed by atoms with Gasteiger partial charge in [0.05, 0.1) is 12.3 Å². The summed E-state index contributed by atoms with van der Waals surface area (Å²) in [7, 11) is 0. The van der Waals surface area contributed by atoms with Gasteiger partial charge in [-0.2, -0.15) is 0 Å². The highest BCUT2D eigenvalue weighted by atomic mass is 15.2. The van der Waals surface area contributed by atoms with Crippen molar-refractivity contribution in [3.05, 3.63) is 82.7 Å². The van der Waals surface area contributed by atoms with E-state index in [9.17, 15) is 0 Å². The highest BCUT2D eigenvalue weighted by molar-refractivity contribution is 6.10. The fourth-order valence-electron chi connectivity index (χ4n) is 8.72. The smallest absolute Gasteiger partial charge is 0.133 e. The molecule has 0 spiro atoms. The van der Waals surface area contributed by atoms with E-state index in [-0.39, 0.29) is 0 Å². The molecule has 0 atom stereocenters. The molecular weight excluding hydrogens is 534 g/mol. The van der Waals surface area contributed by atoms with Crippen molar-refractivity contribution in [2.75, 3.05) is 18.0 Å². The van der Waals surface area contributed by atoms with Gasteiger partial charge in [-0.3, -0.25) is 4.99 Å². The van der Waals surface area contributed by atoms with Gasteiger partial charge in [0.15, 0.2) is 0 Å². The average Bonchev–Trinajstić information content (AvgIpc) is 3.81. The van der Waals surface area contributed by atoms with Gasteiger partial charge in [-0.15, -0.1) is 0 Å². The van der Waals surface area contributed by atoms with E-state index in [0.717, 1.165) is 37.0 Å². The number of fused-ring (bicyclic) bond motifs is 3. The minimum absolute atomic E-state index is 0.360. The Labute approximate surface area is 268 Å². The SMILES string of the molecule is C=C(C1CCCCC1)N(CC12CCC(c3ccc(CC)c(C)c3)(CC1)CC2)c1cc(C2=NCC(C3CC3)=C2)ccn1.CCC. The summed E-state index contributed by atoms with van der Waals surface area (Å²) in [5.74, 6) is 2.47. The first kappa shape index (κ1) is 31.3. The summed E-state index contributed by atoms with van der Waals surface area (Å²) in [6, 6.07) is 11.9. The van der Waals surface area contributed by atoms with Crippen LogP contribution >= 0.6 is 0 Å². The summed E-state index contributed by atoms with van der Waals surface area (Å²) in [4.78, 5) is 12.5. The van der Waals surface area contributed by atoms with E-state index in [1.54, 1.807) is 5.56 Å². The van der Waals surface area contributed by atoms with Crippen molar-refractivity contribution < 1.29 is 0 Å². The maximum atomic E-state index is 5.01. The molecule has 0 unspecified atom stereocenters. The topological polar surface area (TPSA) is 28.5 Å². The molecule has 2 aromatic rings. The molecule has 3 heteroatoms. The third-order valence-corrected chi connectivity index (χ3v) is 11.8. The fourth-order valence-corrected chi connectivity index (χ4v) is 8.72. The Bertz CT molecular complexity index is 1360. The molecule has 44 heavy (non-hydrogen) atoms. The molecule has 2 heterocycles. The normalized spacial score (nSPS) is 26.5. The molecule has 1 aromatic carbocycles. The maximum absolute atomic E-state index is 5.01. The number of pyridine rings is 1. The van der Waals surface area contributed by atoms with E-state index in [2.05, 4.69) is 69.0 Å². The van der Waals surface area contributed by atoms with Gasteiger partial charge in [-0.1, -0.05) is 71.2 Å². The molecule has 5 aliphatic carbocycles. The molecule has 0 amide bonds. The van der Waals surface area contributed by atoms with Crippen molar-refractivity contribution in [1.82, 2.24) is 4.98 Å². The number of nitrogens with zero attached hydrogens (tertiary/aromatic N) is 3. The first-order valence-corrected chi connectivity index (χ1v) is 18.2. The Hall–Kier alpha value is -2.68. The lowest BCUT2D eigenvalue weighted by atomic mass is 9.51. The molecule has 5 saturated carbocycles. The van der Waals surface area contributed by atoms with Crippen molar-refractivity contribution in [3.63, 3.8) is 0 Å². The summed E-state index contributed by atoms with van der Waals surface area (Å²) in [6.45, 7) is 15.6. The molecule has 0 saturated heterocycles. The standard InChI is InChI=1S/C38H49N3.C3H8/c1-4-29-12-13-34(22-27(29)2)38-18-15-37(16-19-38,17-20-38)26-41(28(3)30-8-6-5-7-9-30)36-24-32(14-21-39-36)35-23-33(25-40-35)31-10-11-31;1-3-2/h12-14,21-24,30-31H,3-11,15-20,25-26H2,1-2H3;3H2,1-2H3. The van der Waals surface area contributed by atoms with Crippen LogP contribution in [0.4, 0.5) is 5.82 Å². The number of aromatic nitrogens is 1. The van der Waals surface area contributed by atoms with Crippen LogP contribution in [0.15, 0.2) is 65.4 Å². The molecule has 0 radical (unpaired) electrons. The number of aryl methyl sites for hydroxylation is 2. The molecular formula is C41H57N3. The predicted molar refractivity (Wildman–Crippen MR) is 188 cm³/mol. The Morgan fingerprint density at radius 1 is 0.909 bits per heavy atom.